The van der Waals surface area contributed by atoms with Gasteiger partial charge in [-0.05, 0) is 43.0 Å². The van der Waals surface area contributed by atoms with Gasteiger partial charge < -0.3 is 10.1 Å². The van der Waals surface area contributed by atoms with E-state index in [0.717, 1.165) is 15.6 Å². The van der Waals surface area contributed by atoms with Crippen LogP contribution in [0, 0.1) is 6.92 Å². The topological polar surface area (TPSA) is 56.2 Å². The summed E-state index contributed by atoms with van der Waals surface area (Å²) in [7, 11) is 0. The molecule has 0 aliphatic carbocycles. The highest BCUT2D eigenvalue weighted by Crippen LogP contribution is 2.34. The van der Waals surface area contributed by atoms with Crippen LogP contribution in [0.25, 0.3) is 0 Å². The number of carbonyl (C=O) groups excluding carboxylic acids is 1. The SMILES string of the molecule is Cc1nn(Cc2ccccc2)c(Cl)c1C(=O)NC1(c2cccc(Br)c2)CCOCC1. The van der Waals surface area contributed by atoms with E-state index in [9.17, 15) is 4.79 Å². The fraction of sp³-hybridized carbons (Fsp3) is 0.304. The Labute approximate surface area is 189 Å². The van der Waals surface area contributed by atoms with Crippen molar-refractivity contribution in [3.8, 4) is 0 Å². The predicted octanol–water partition coefficient (Wildman–Crippen LogP) is 5.09. The van der Waals surface area contributed by atoms with Crippen LogP contribution < -0.4 is 5.32 Å². The van der Waals surface area contributed by atoms with E-state index in [2.05, 4.69) is 32.4 Å². The van der Waals surface area contributed by atoms with Crippen LogP contribution in [-0.2, 0) is 16.8 Å². The molecule has 1 saturated heterocycles. The van der Waals surface area contributed by atoms with Gasteiger partial charge in [0.05, 0.1) is 23.3 Å². The predicted molar refractivity (Wildman–Crippen MR) is 121 cm³/mol. The number of benzene rings is 2. The first kappa shape index (κ1) is 21.1. The molecule has 0 bridgehead atoms. The number of halogens is 2. The maximum atomic E-state index is 13.4. The molecular weight excluding hydrogens is 466 g/mol. The summed E-state index contributed by atoms with van der Waals surface area (Å²) in [5, 5.41) is 8.15. The maximum Gasteiger partial charge on any atom is 0.257 e. The molecule has 4 rings (SSSR count). The smallest absolute Gasteiger partial charge is 0.257 e. The Balaban J connectivity index is 1.63. The molecule has 5 nitrogen and oxygen atoms in total. The van der Waals surface area contributed by atoms with E-state index in [1.807, 2.05) is 55.5 Å². The van der Waals surface area contributed by atoms with Crippen LogP contribution in [0.5, 0.6) is 0 Å². The van der Waals surface area contributed by atoms with Gasteiger partial charge in [-0.3, -0.25) is 4.79 Å². The van der Waals surface area contributed by atoms with E-state index in [-0.39, 0.29) is 5.91 Å². The second-order valence-electron chi connectivity index (χ2n) is 7.55. The van der Waals surface area contributed by atoms with Gasteiger partial charge in [-0.25, -0.2) is 4.68 Å². The van der Waals surface area contributed by atoms with Crippen LogP contribution in [0.3, 0.4) is 0 Å². The molecule has 1 aromatic heterocycles. The molecule has 1 N–H and O–H groups in total. The number of ether oxygens (including phenoxy) is 1. The zero-order chi connectivity index (χ0) is 21.1. The molecule has 0 saturated carbocycles. The fourth-order valence-electron chi connectivity index (χ4n) is 3.94. The first-order chi connectivity index (χ1) is 14.5. The summed E-state index contributed by atoms with van der Waals surface area (Å²) in [5.74, 6) is -0.210. The van der Waals surface area contributed by atoms with Gasteiger partial charge in [0.2, 0.25) is 0 Å². The second kappa shape index (κ2) is 8.92. The van der Waals surface area contributed by atoms with E-state index in [1.165, 1.54) is 0 Å². The minimum atomic E-state index is -0.504. The molecular formula is C23H23BrClN3O2. The third-order valence-electron chi connectivity index (χ3n) is 5.54. The summed E-state index contributed by atoms with van der Waals surface area (Å²) in [6.45, 7) is 3.51. The van der Waals surface area contributed by atoms with Crippen molar-refractivity contribution in [1.82, 2.24) is 15.1 Å². The van der Waals surface area contributed by atoms with Crippen molar-refractivity contribution in [2.75, 3.05) is 13.2 Å². The Morgan fingerprint density at radius 2 is 1.93 bits per heavy atom. The van der Waals surface area contributed by atoms with Gasteiger partial charge in [0.1, 0.15) is 5.15 Å². The Morgan fingerprint density at radius 1 is 1.20 bits per heavy atom. The van der Waals surface area contributed by atoms with Gasteiger partial charge in [0.15, 0.2) is 0 Å². The Morgan fingerprint density at radius 3 is 2.63 bits per heavy atom. The lowest BCUT2D eigenvalue weighted by molar-refractivity contribution is 0.0345. The lowest BCUT2D eigenvalue weighted by Gasteiger charge is -2.38. The quantitative estimate of drug-likeness (QED) is 0.544. The molecule has 30 heavy (non-hydrogen) atoms. The zero-order valence-corrected chi connectivity index (χ0v) is 19.0. The molecule has 0 spiro atoms. The lowest BCUT2D eigenvalue weighted by Crippen LogP contribution is -2.49. The van der Waals surface area contributed by atoms with E-state index in [1.54, 1.807) is 4.68 Å². The van der Waals surface area contributed by atoms with Crippen LogP contribution in [-0.4, -0.2) is 28.9 Å². The molecule has 3 aromatic rings. The number of nitrogens with zero attached hydrogens (tertiary/aromatic N) is 2. The average Bonchev–Trinajstić information content (AvgIpc) is 3.02. The number of aromatic nitrogens is 2. The molecule has 156 valence electrons. The minimum absolute atomic E-state index is 0.210. The molecule has 1 aliphatic heterocycles. The number of carbonyl (C=O) groups is 1. The number of rotatable bonds is 5. The van der Waals surface area contributed by atoms with E-state index < -0.39 is 5.54 Å². The van der Waals surface area contributed by atoms with Gasteiger partial charge in [-0.2, -0.15) is 5.10 Å². The van der Waals surface area contributed by atoms with Crippen molar-refractivity contribution in [1.29, 1.82) is 0 Å². The summed E-state index contributed by atoms with van der Waals surface area (Å²) >= 11 is 10.2. The number of aryl methyl sites for hydroxylation is 1. The van der Waals surface area contributed by atoms with Crippen molar-refractivity contribution in [2.24, 2.45) is 0 Å². The number of hydrogen-bond donors (Lipinski definition) is 1. The van der Waals surface area contributed by atoms with Crippen LogP contribution >= 0.6 is 27.5 Å². The highest BCUT2D eigenvalue weighted by molar-refractivity contribution is 9.10. The third-order valence-corrected chi connectivity index (χ3v) is 6.42. The monoisotopic (exact) mass is 487 g/mol. The molecule has 2 heterocycles. The van der Waals surface area contributed by atoms with E-state index in [0.29, 0.717) is 49.0 Å². The normalized spacial score (nSPS) is 15.7. The summed E-state index contributed by atoms with van der Waals surface area (Å²) in [6, 6.07) is 18.0. The molecule has 1 amide bonds. The molecule has 0 atom stereocenters. The number of nitrogens with one attached hydrogen (secondary N) is 1. The highest BCUT2D eigenvalue weighted by Gasteiger charge is 2.37. The van der Waals surface area contributed by atoms with Gasteiger partial charge in [0, 0.05) is 17.7 Å². The van der Waals surface area contributed by atoms with Crippen molar-refractivity contribution in [3.05, 3.63) is 86.6 Å². The third kappa shape index (κ3) is 4.31. The van der Waals surface area contributed by atoms with Crippen LogP contribution in [0.1, 0.15) is 40.0 Å². The standard InChI is InChI=1S/C23H23BrClN3O2/c1-16-20(21(25)28(27-16)15-17-6-3-2-4-7-17)22(29)26-23(10-12-30-13-11-23)18-8-5-9-19(24)14-18/h2-9,14H,10-13,15H2,1H3,(H,26,29). The Bertz CT molecular complexity index is 1050. The lowest BCUT2D eigenvalue weighted by atomic mass is 9.82. The summed E-state index contributed by atoms with van der Waals surface area (Å²) in [6.07, 6.45) is 1.40. The van der Waals surface area contributed by atoms with Crippen LogP contribution in [0.4, 0.5) is 0 Å². The first-order valence-electron chi connectivity index (χ1n) is 9.92. The van der Waals surface area contributed by atoms with Gasteiger partial charge in [-0.1, -0.05) is 70.0 Å². The van der Waals surface area contributed by atoms with Gasteiger partial charge in [0.25, 0.3) is 5.91 Å². The number of amides is 1. The largest absolute Gasteiger partial charge is 0.381 e. The molecule has 0 unspecified atom stereocenters. The average molecular weight is 489 g/mol. The molecule has 7 heteroatoms. The number of hydrogen-bond acceptors (Lipinski definition) is 3. The summed E-state index contributed by atoms with van der Waals surface area (Å²) < 4.78 is 8.23. The summed E-state index contributed by atoms with van der Waals surface area (Å²) in [4.78, 5) is 13.4. The fourth-order valence-corrected chi connectivity index (χ4v) is 4.66. The molecule has 0 radical (unpaired) electrons. The van der Waals surface area contributed by atoms with Crippen molar-refractivity contribution in [3.63, 3.8) is 0 Å². The van der Waals surface area contributed by atoms with Gasteiger partial charge in [-0.15, -0.1) is 0 Å². The summed E-state index contributed by atoms with van der Waals surface area (Å²) in [5.41, 5.74) is 2.66. The zero-order valence-electron chi connectivity index (χ0n) is 16.7. The molecule has 1 aliphatic rings. The Kier molecular flexibility index (Phi) is 6.27. The second-order valence-corrected chi connectivity index (χ2v) is 8.83. The minimum Gasteiger partial charge on any atom is -0.381 e. The highest BCUT2D eigenvalue weighted by atomic mass is 79.9. The van der Waals surface area contributed by atoms with Crippen LogP contribution in [0.2, 0.25) is 5.15 Å². The Hall–Kier alpha value is -2.15. The maximum absolute atomic E-state index is 13.4. The van der Waals surface area contributed by atoms with E-state index >= 15 is 0 Å². The first-order valence-corrected chi connectivity index (χ1v) is 11.1. The van der Waals surface area contributed by atoms with Crippen molar-refractivity contribution < 1.29 is 9.53 Å². The molecule has 1 fully saturated rings. The molecule has 2 aromatic carbocycles. The van der Waals surface area contributed by atoms with Crippen molar-refractivity contribution in [2.45, 2.75) is 31.8 Å². The van der Waals surface area contributed by atoms with Crippen molar-refractivity contribution >= 4 is 33.4 Å². The van der Waals surface area contributed by atoms with Gasteiger partial charge >= 0.3 is 0 Å². The van der Waals surface area contributed by atoms with E-state index in [4.69, 9.17) is 16.3 Å². The van der Waals surface area contributed by atoms with Crippen LogP contribution in [0.15, 0.2) is 59.1 Å².